The molecule has 1 aromatic carbocycles. The number of allylic oxidation sites excluding steroid dienone is 2. The minimum atomic E-state index is -7.75. The summed E-state index contributed by atoms with van der Waals surface area (Å²) in [4.78, 5) is 12.1. The summed E-state index contributed by atoms with van der Waals surface area (Å²) in [6.45, 7) is 2.30. The van der Waals surface area contributed by atoms with Crippen LogP contribution in [0.15, 0.2) is 42.2 Å². The van der Waals surface area contributed by atoms with Crippen molar-refractivity contribution in [2.45, 2.75) is 43.0 Å². The van der Waals surface area contributed by atoms with E-state index in [9.17, 15) is 57.5 Å². The molecule has 0 aliphatic rings. The second-order valence-corrected chi connectivity index (χ2v) is 11.0. The molecule has 0 fully saturated rings. The molecule has 1 aromatic rings. The van der Waals surface area contributed by atoms with Gasteiger partial charge in [-0.3, -0.25) is 0 Å². The quantitative estimate of drug-likeness (QED) is 0.282. The van der Waals surface area contributed by atoms with Crippen LogP contribution in [0.1, 0.15) is 0 Å². The molecule has 0 N–H and O–H groups in total. The fourth-order valence-corrected chi connectivity index (χ4v) is 3.90. The van der Waals surface area contributed by atoms with E-state index in [4.69, 9.17) is 0 Å². The van der Waals surface area contributed by atoms with Crippen LogP contribution < -0.4 is 5.19 Å². The number of rotatable bonds is 7. The molecule has 0 amide bonds. The molecule has 0 aliphatic heterocycles. The Morgan fingerprint density at radius 1 is 0.767 bits per heavy atom. The zero-order chi connectivity index (χ0) is 24.0. The summed E-state index contributed by atoms with van der Waals surface area (Å²) in [6, 6.07) is 6.87. The minimum Gasteiger partial charge on any atom is -0.300 e. The summed E-state index contributed by atoms with van der Waals surface area (Å²) < 4.78 is 156. The number of carbonyl (C=O) groups is 1. The molecule has 1 rings (SSSR count). The molecule has 1 nitrogen and oxygen atoms in total. The summed E-state index contributed by atoms with van der Waals surface area (Å²) in [5.74, 6) is -33.4. The lowest BCUT2D eigenvalue weighted by molar-refractivity contribution is -0.419. The van der Waals surface area contributed by atoms with Crippen molar-refractivity contribution in [2.24, 2.45) is 0 Å². The minimum absolute atomic E-state index is 0.183. The molecule has 0 bridgehead atoms. The Balaban J connectivity index is 3.42. The van der Waals surface area contributed by atoms with Gasteiger partial charge in [-0.25, -0.2) is 4.39 Å². The Morgan fingerprint density at radius 2 is 1.20 bits per heavy atom. The molecule has 0 saturated heterocycles. The van der Waals surface area contributed by atoms with Gasteiger partial charge in [-0.1, -0.05) is 48.6 Å². The monoisotopic (exact) mass is 476 g/mol. The molecule has 0 aromatic heterocycles. The zero-order valence-corrected chi connectivity index (χ0v) is 15.9. The van der Waals surface area contributed by atoms with Crippen molar-refractivity contribution in [2.75, 3.05) is 0 Å². The van der Waals surface area contributed by atoms with E-state index in [2.05, 4.69) is 0 Å². The highest BCUT2D eigenvalue weighted by molar-refractivity contribution is 7.14. The highest BCUT2D eigenvalue weighted by Gasteiger charge is 2.87. The molecule has 0 unspecified atom stereocenters. The number of hydrogen-bond acceptors (Lipinski definition) is 1. The summed E-state index contributed by atoms with van der Waals surface area (Å²) in [5.41, 5.74) is 0. The lowest BCUT2D eigenvalue weighted by atomic mass is 9.97. The first kappa shape index (κ1) is 26.0. The van der Waals surface area contributed by atoms with Gasteiger partial charge in [-0.05, 0) is 0 Å². The van der Waals surface area contributed by atoms with Crippen LogP contribution in [0.25, 0.3) is 0 Å². The third kappa shape index (κ3) is 3.97. The third-order valence-corrected chi connectivity index (χ3v) is 7.36. The Hall–Kier alpha value is -1.99. The predicted octanol–water partition coefficient (Wildman–Crippen LogP) is 5.67. The second kappa shape index (κ2) is 7.61. The molecule has 0 aliphatic carbocycles. The van der Waals surface area contributed by atoms with Crippen molar-refractivity contribution in [3.63, 3.8) is 0 Å². The average molecular weight is 476 g/mol. The van der Waals surface area contributed by atoms with E-state index in [0.717, 1.165) is 13.1 Å². The molecular weight excluding hydrogens is 464 g/mol. The van der Waals surface area contributed by atoms with Gasteiger partial charge < -0.3 is 4.79 Å². The summed E-state index contributed by atoms with van der Waals surface area (Å²) >= 11 is 0. The first-order chi connectivity index (χ1) is 13.2. The largest absolute Gasteiger partial charge is 0.460 e. The number of alkyl halides is 11. The van der Waals surface area contributed by atoms with E-state index in [0.29, 0.717) is 0 Å². The van der Waals surface area contributed by atoms with E-state index in [-0.39, 0.29) is 5.19 Å². The Bertz CT molecular complexity index is 811. The van der Waals surface area contributed by atoms with Gasteiger partial charge >= 0.3 is 29.9 Å². The number of benzene rings is 1. The van der Waals surface area contributed by atoms with Gasteiger partial charge in [0.1, 0.15) is 5.41 Å². The van der Waals surface area contributed by atoms with E-state index >= 15 is 0 Å². The lowest BCUT2D eigenvalue weighted by Crippen LogP contribution is -2.66. The lowest BCUT2D eigenvalue weighted by Gasteiger charge is -2.36. The van der Waals surface area contributed by atoms with E-state index in [1.54, 1.807) is 0 Å². The molecule has 30 heavy (non-hydrogen) atoms. The van der Waals surface area contributed by atoms with Gasteiger partial charge in [0, 0.05) is 6.08 Å². The van der Waals surface area contributed by atoms with E-state index < -0.39 is 55.2 Å². The Kier molecular flexibility index (Phi) is 6.60. The SMILES string of the molecule is C[Si](C)(C(=O)/C=C(\F)C(F)(F)C(F)(F)C(F)(F)C(F)(F)C(F)(F)F)c1ccccc1. The van der Waals surface area contributed by atoms with Crippen LogP contribution >= 0.6 is 0 Å². The maximum absolute atomic E-state index is 13.8. The van der Waals surface area contributed by atoms with Crippen molar-refractivity contribution in [1.82, 2.24) is 0 Å². The molecule has 0 spiro atoms. The molecular formula is C16H12F12OSi. The molecule has 0 saturated carbocycles. The number of carbonyl (C=O) groups excluding carboxylic acids is 1. The first-order valence-electron chi connectivity index (χ1n) is 7.71. The Labute approximate surface area is 162 Å². The van der Waals surface area contributed by atoms with Crippen LogP contribution in [0.3, 0.4) is 0 Å². The highest BCUT2D eigenvalue weighted by atomic mass is 28.3. The highest BCUT2D eigenvalue weighted by Crippen LogP contribution is 2.58. The van der Waals surface area contributed by atoms with Crippen LogP contribution in [-0.2, 0) is 4.79 Å². The third-order valence-electron chi connectivity index (χ3n) is 4.21. The van der Waals surface area contributed by atoms with Crippen molar-refractivity contribution < 1.29 is 57.5 Å². The van der Waals surface area contributed by atoms with Gasteiger partial charge in [0.2, 0.25) is 0 Å². The fourth-order valence-electron chi connectivity index (χ4n) is 2.11. The topological polar surface area (TPSA) is 17.1 Å². The summed E-state index contributed by atoms with van der Waals surface area (Å²) in [7, 11) is -3.55. The summed E-state index contributed by atoms with van der Waals surface area (Å²) in [5, 5.41) is -1.35. The van der Waals surface area contributed by atoms with Crippen molar-refractivity contribution in [1.29, 1.82) is 0 Å². The summed E-state index contributed by atoms with van der Waals surface area (Å²) in [6.07, 6.45) is -8.14. The van der Waals surface area contributed by atoms with Gasteiger partial charge in [-0.15, -0.1) is 0 Å². The van der Waals surface area contributed by atoms with Crippen LogP contribution in [0.5, 0.6) is 0 Å². The molecule has 0 heterocycles. The molecule has 14 heteroatoms. The maximum atomic E-state index is 13.8. The number of halogens is 12. The normalized spacial score (nSPS) is 15.3. The van der Waals surface area contributed by atoms with Crippen molar-refractivity contribution >= 4 is 18.7 Å². The average Bonchev–Trinajstić information content (AvgIpc) is 2.60. The molecule has 0 radical (unpaired) electrons. The first-order valence-corrected chi connectivity index (χ1v) is 10.7. The maximum Gasteiger partial charge on any atom is 0.460 e. The van der Waals surface area contributed by atoms with E-state index in [1.165, 1.54) is 30.3 Å². The van der Waals surface area contributed by atoms with Crippen LogP contribution in [0.4, 0.5) is 52.7 Å². The van der Waals surface area contributed by atoms with E-state index in [1.807, 2.05) is 0 Å². The Morgan fingerprint density at radius 3 is 1.60 bits per heavy atom. The smallest absolute Gasteiger partial charge is 0.300 e. The van der Waals surface area contributed by atoms with Crippen LogP contribution in [-0.4, -0.2) is 43.3 Å². The van der Waals surface area contributed by atoms with Gasteiger partial charge in [0.25, 0.3) is 0 Å². The van der Waals surface area contributed by atoms with Crippen LogP contribution in [0, 0.1) is 0 Å². The fraction of sp³-hybridized carbons (Fsp3) is 0.438. The number of hydrogen-bond donors (Lipinski definition) is 0. The van der Waals surface area contributed by atoms with Crippen molar-refractivity contribution in [3.05, 3.63) is 42.2 Å². The second-order valence-electron chi connectivity index (χ2n) is 6.64. The standard InChI is InChI=1S/C16H12F12OSi/c1-30(2,9-6-4-3-5-7-9)11(29)8-10(17)12(18,19)13(20,21)14(22,23)15(24,25)16(26,27)28/h3-8H,1-2H3/b10-8-. The predicted molar refractivity (Wildman–Crippen MR) is 83.6 cm³/mol. The van der Waals surface area contributed by atoms with Gasteiger partial charge in [0.15, 0.2) is 13.9 Å². The van der Waals surface area contributed by atoms with Crippen LogP contribution in [0.2, 0.25) is 13.1 Å². The van der Waals surface area contributed by atoms with Gasteiger partial charge in [0.05, 0.1) is 0 Å². The van der Waals surface area contributed by atoms with Gasteiger partial charge in [-0.2, -0.15) is 48.3 Å². The zero-order valence-electron chi connectivity index (χ0n) is 14.9. The molecule has 0 atom stereocenters. The van der Waals surface area contributed by atoms with Crippen molar-refractivity contribution in [3.8, 4) is 0 Å². The molecule has 170 valence electrons.